The van der Waals surface area contributed by atoms with E-state index in [1.165, 1.54) is 39.9 Å². The van der Waals surface area contributed by atoms with Gasteiger partial charge in [0.15, 0.2) is 0 Å². The van der Waals surface area contributed by atoms with Crippen LogP contribution in [0, 0.1) is 15.9 Å². The number of rotatable bonds is 10. The number of amides is 1. The van der Waals surface area contributed by atoms with E-state index in [9.17, 15) is 27.7 Å². The van der Waals surface area contributed by atoms with Gasteiger partial charge in [0.05, 0.1) is 22.9 Å². The van der Waals surface area contributed by atoms with Gasteiger partial charge >= 0.3 is 0 Å². The summed E-state index contributed by atoms with van der Waals surface area (Å²) in [6.45, 7) is 0.0107. The van der Waals surface area contributed by atoms with Crippen LogP contribution in [-0.4, -0.2) is 41.0 Å². The van der Waals surface area contributed by atoms with Crippen LogP contribution in [0.4, 0.5) is 10.1 Å². The molecule has 0 N–H and O–H groups in total. The van der Waals surface area contributed by atoms with E-state index in [4.69, 9.17) is 11.6 Å². The van der Waals surface area contributed by atoms with E-state index in [1.54, 1.807) is 17.0 Å². The van der Waals surface area contributed by atoms with Crippen LogP contribution in [-0.2, 0) is 27.9 Å². The van der Waals surface area contributed by atoms with Crippen LogP contribution >= 0.6 is 22.9 Å². The molecule has 0 bridgehead atoms. The topological polar surface area (TPSA) is 101 Å². The number of hydrogen-bond acceptors (Lipinski definition) is 6. The predicted molar refractivity (Wildman–Crippen MR) is 144 cm³/mol. The van der Waals surface area contributed by atoms with E-state index in [2.05, 4.69) is 0 Å². The SMILES string of the molecule is O=C(CN(C1CCCCC1)S(=O)(=O)c1ccc(Cl)c([N+](=O)[O-])c1)N(Cc1ccc(F)cc1)Cc1cccs1. The van der Waals surface area contributed by atoms with Crippen molar-refractivity contribution in [3.63, 3.8) is 0 Å². The Morgan fingerprint density at radius 2 is 1.79 bits per heavy atom. The average Bonchev–Trinajstić information content (AvgIpc) is 3.41. The summed E-state index contributed by atoms with van der Waals surface area (Å²) in [5.74, 6) is -0.808. The average molecular weight is 580 g/mol. The number of nitrogens with zero attached hydrogens (tertiary/aromatic N) is 3. The van der Waals surface area contributed by atoms with E-state index in [0.29, 0.717) is 18.4 Å². The first-order valence-corrected chi connectivity index (χ1v) is 14.9. The second-order valence-electron chi connectivity index (χ2n) is 9.17. The van der Waals surface area contributed by atoms with Gasteiger partial charge in [0.2, 0.25) is 15.9 Å². The van der Waals surface area contributed by atoms with Gasteiger partial charge in [-0.05, 0) is 54.1 Å². The molecule has 1 amide bonds. The minimum Gasteiger partial charge on any atom is -0.332 e. The van der Waals surface area contributed by atoms with E-state index in [-0.39, 0.29) is 23.0 Å². The van der Waals surface area contributed by atoms with E-state index in [0.717, 1.165) is 30.2 Å². The van der Waals surface area contributed by atoms with Gasteiger partial charge in [-0.2, -0.15) is 4.31 Å². The van der Waals surface area contributed by atoms with Crippen molar-refractivity contribution in [2.75, 3.05) is 6.54 Å². The summed E-state index contributed by atoms with van der Waals surface area (Å²) in [4.78, 5) is 26.6. The highest BCUT2D eigenvalue weighted by Gasteiger charge is 2.36. The maximum absolute atomic E-state index is 13.8. The molecule has 0 saturated heterocycles. The maximum atomic E-state index is 13.8. The predicted octanol–water partition coefficient (Wildman–Crippen LogP) is 6.00. The molecule has 3 aromatic rings. The zero-order valence-electron chi connectivity index (χ0n) is 20.5. The van der Waals surface area contributed by atoms with Crippen LogP contribution in [0.5, 0.6) is 0 Å². The molecule has 8 nitrogen and oxygen atoms in total. The van der Waals surface area contributed by atoms with Crippen LogP contribution in [0.3, 0.4) is 0 Å². The third kappa shape index (κ3) is 6.76. The molecule has 4 rings (SSSR count). The summed E-state index contributed by atoms with van der Waals surface area (Å²) in [6, 6.07) is 12.5. The minimum atomic E-state index is -4.27. The Labute approximate surface area is 229 Å². The van der Waals surface area contributed by atoms with Crippen molar-refractivity contribution < 1.29 is 22.5 Å². The Morgan fingerprint density at radius 1 is 1.08 bits per heavy atom. The Bertz CT molecular complexity index is 1380. The standard InChI is InChI=1S/C26H27ClFN3O5S2/c27-24-13-12-23(15-25(24)31(33)34)38(35,36)30(21-5-2-1-3-6-21)18-26(32)29(17-22-7-4-14-37-22)16-19-8-10-20(28)11-9-19/h4,7-15,21H,1-3,5-6,16-18H2. The molecule has 1 aliphatic carbocycles. The number of hydrogen-bond donors (Lipinski definition) is 0. The third-order valence-electron chi connectivity index (χ3n) is 6.56. The second kappa shape index (κ2) is 12.3. The van der Waals surface area contributed by atoms with Crippen LogP contribution in [0.1, 0.15) is 42.5 Å². The van der Waals surface area contributed by atoms with Gasteiger partial charge in [-0.15, -0.1) is 11.3 Å². The van der Waals surface area contributed by atoms with Crippen molar-refractivity contribution in [1.29, 1.82) is 0 Å². The lowest BCUT2D eigenvalue weighted by Gasteiger charge is -2.34. The summed E-state index contributed by atoms with van der Waals surface area (Å²) >= 11 is 7.39. The fourth-order valence-electron chi connectivity index (χ4n) is 4.57. The van der Waals surface area contributed by atoms with Crippen molar-refractivity contribution in [1.82, 2.24) is 9.21 Å². The van der Waals surface area contributed by atoms with E-state index in [1.807, 2.05) is 17.5 Å². The fourth-order valence-corrected chi connectivity index (χ4v) is 7.14. The lowest BCUT2D eigenvalue weighted by atomic mass is 9.95. The highest BCUT2D eigenvalue weighted by Crippen LogP contribution is 2.32. The van der Waals surface area contributed by atoms with Crippen LogP contribution in [0.2, 0.25) is 5.02 Å². The van der Waals surface area contributed by atoms with Gasteiger partial charge in [0.1, 0.15) is 10.8 Å². The van der Waals surface area contributed by atoms with Crippen molar-refractivity contribution in [3.05, 3.63) is 91.4 Å². The van der Waals surface area contributed by atoms with E-state index >= 15 is 0 Å². The number of sulfonamides is 1. The molecule has 0 atom stereocenters. The summed E-state index contributed by atoms with van der Waals surface area (Å²) in [5, 5.41) is 13.1. The molecule has 1 fully saturated rings. The van der Waals surface area contributed by atoms with Crippen LogP contribution in [0.25, 0.3) is 0 Å². The van der Waals surface area contributed by atoms with Crippen molar-refractivity contribution in [3.8, 4) is 0 Å². The molecule has 2 aromatic carbocycles. The molecule has 1 heterocycles. The Balaban J connectivity index is 1.66. The molecule has 0 radical (unpaired) electrons. The Kier molecular flexibility index (Phi) is 9.14. The highest BCUT2D eigenvalue weighted by atomic mass is 35.5. The zero-order valence-corrected chi connectivity index (χ0v) is 22.9. The minimum absolute atomic E-state index is 0.169. The summed E-state index contributed by atoms with van der Waals surface area (Å²) in [5.41, 5.74) is 0.190. The molecule has 38 heavy (non-hydrogen) atoms. The van der Waals surface area contributed by atoms with Gasteiger partial charge in [-0.1, -0.05) is 49.1 Å². The first-order valence-electron chi connectivity index (χ1n) is 12.2. The van der Waals surface area contributed by atoms with Crippen molar-refractivity contribution in [2.45, 2.75) is 56.1 Å². The molecule has 0 unspecified atom stereocenters. The first kappa shape index (κ1) is 28.2. The van der Waals surface area contributed by atoms with Gasteiger partial charge in [-0.3, -0.25) is 14.9 Å². The van der Waals surface area contributed by atoms with E-state index < -0.39 is 44.9 Å². The molecule has 0 spiro atoms. The monoisotopic (exact) mass is 579 g/mol. The smallest absolute Gasteiger partial charge is 0.289 e. The lowest BCUT2D eigenvalue weighted by Crippen LogP contribution is -2.47. The summed E-state index contributed by atoms with van der Waals surface area (Å²) < 4.78 is 42.3. The zero-order chi connectivity index (χ0) is 27.3. The molecule has 12 heteroatoms. The Morgan fingerprint density at radius 3 is 2.42 bits per heavy atom. The number of halogens is 2. The normalized spacial score (nSPS) is 14.5. The van der Waals surface area contributed by atoms with Crippen molar-refractivity contribution in [2.24, 2.45) is 0 Å². The summed E-state index contributed by atoms with van der Waals surface area (Å²) in [6.07, 6.45) is 3.79. The number of benzene rings is 2. The number of carbonyl (C=O) groups is 1. The van der Waals surface area contributed by atoms with Gasteiger partial charge < -0.3 is 4.90 Å². The van der Waals surface area contributed by atoms with Gasteiger partial charge in [0, 0.05) is 23.5 Å². The number of thiophene rings is 1. The lowest BCUT2D eigenvalue weighted by molar-refractivity contribution is -0.384. The summed E-state index contributed by atoms with van der Waals surface area (Å²) in [7, 11) is -4.27. The molecule has 202 valence electrons. The number of nitro groups is 1. The highest BCUT2D eigenvalue weighted by molar-refractivity contribution is 7.89. The Hall–Kier alpha value is -2.86. The van der Waals surface area contributed by atoms with Crippen LogP contribution in [0.15, 0.2) is 64.9 Å². The largest absolute Gasteiger partial charge is 0.332 e. The van der Waals surface area contributed by atoms with Crippen molar-refractivity contribution >= 4 is 44.6 Å². The molecular formula is C26H27ClFN3O5S2. The number of carbonyl (C=O) groups excluding carboxylic acids is 1. The van der Waals surface area contributed by atoms with Gasteiger partial charge in [-0.25, -0.2) is 12.8 Å². The quantitative estimate of drug-likeness (QED) is 0.216. The fraction of sp³-hybridized carbons (Fsp3) is 0.346. The number of nitro benzene ring substituents is 1. The maximum Gasteiger partial charge on any atom is 0.289 e. The molecule has 0 aliphatic heterocycles. The molecule has 1 aromatic heterocycles. The molecular weight excluding hydrogens is 553 g/mol. The second-order valence-corrected chi connectivity index (χ2v) is 12.5. The molecule has 1 saturated carbocycles. The van der Waals surface area contributed by atoms with Gasteiger partial charge in [0.25, 0.3) is 5.69 Å². The third-order valence-corrected chi connectivity index (χ3v) is 9.64. The first-order chi connectivity index (χ1) is 18.1. The molecule has 1 aliphatic rings. The van der Waals surface area contributed by atoms with Crippen LogP contribution < -0.4 is 0 Å².